The molecule has 2 aromatic rings. The van der Waals surface area contributed by atoms with Crippen LogP contribution in [-0.2, 0) is 10.0 Å². The van der Waals surface area contributed by atoms with Crippen molar-refractivity contribution in [3.8, 4) is 5.75 Å². The van der Waals surface area contributed by atoms with Crippen molar-refractivity contribution < 1.29 is 18.1 Å². The van der Waals surface area contributed by atoms with Crippen LogP contribution in [0.5, 0.6) is 5.75 Å². The lowest BCUT2D eigenvalue weighted by Gasteiger charge is -2.11. The van der Waals surface area contributed by atoms with E-state index in [9.17, 15) is 18.5 Å². The highest BCUT2D eigenvalue weighted by atomic mass is 32.2. The average molecular weight is 336 g/mol. The van der Waals surface area contributed by atoms with E-state index in [1.165, 1.54) is 30.3 Å². The van der Waals surface area contributed by atoms with Gasteiger partial charge >= 0.3 is 0 Å². The Hall–Kier alpha value is -2.61. The van der Waals surface area contributed by atoms with Crippen LogP contribution < -0.4 is 9.46 Å². The highest BCUT2D eigenvalue weighted by molar-refractivity contribution is 7.92. The number of nitrogens with one attached hydrogen (secondary N) is 1. The van der Waals surface area contributed by atoms with E-state index >= 15 is 0 Å². The summed E-state index contributed by atoms with van der Waals surface area (Å²) < 4.78 is 32.4. The molecule has 0 unspecified atom stereocenters. The third kappa shape index (κ3) is 3.98. The van der Waals surface area contributed by atoms with Gasteiger partial charge in [0.2, 0.25) is 0 Å². The summed E-state index contributed by atoms with van der Waals surface area (Å²) in [6.07, 6.45) is 0. The largest absolute Gasteiger partial charge is 0.494 e. The molecule has 122 valence electrons. The molecule has 0 bridgehead atoms. The molecule has 0 fully saturated rings. The molecule has 0 amide bonds. The Kier molecular flexibility index (Phi) is 4.85. The number of nitrogens with zero attached hydrogens (tertiary/aromatic N) is 1. The molecule has 2 aromatic carbocycles. The molecule has 23 heavy (non-hydrogen) atoms. The number of nitro groups is 1. The van der Waals surface area contributed by atoms with Gasteiger partial charge in [-0.15, -0.1) is 0 Å². The van der Waals surface area contributed by atoms with Crippen LogP contribution in [0.4, 0.5) is 11.4 Å². The minimum absolute atomic E-state index is 0.0821. The Morgan fingerprint density at radius 2 is 1.83 bits per heavy atom. The second-order valence-electron chi connectivity index (χ2n) is 4.77. The molecular weight excluding hydrogens is 320 g/mol. The van der Waals surface area contributed by atoms with E-state index in [1.807, 2.05) is 6.92 Å². The Balaban J connectivity index is 2.25. The van der Waals surface area contributed by atoms with E-state index in [-0.39, 0.29) is 10.6 Å². The lowest BCUT2D eigenvalue weighted by molar-refractivity contribution is -0.384. The van der Waals surface area contributed by atoms with Crippen molar-refractivity contribution in [1.82, 2.24) is 0 Å². The summed E-state index contributed by atoms with van der Waals surface area (Å²) in [5.41, 5.74) is 0.671. The SMILES string of the molecule is CCOc1ccc(S(=O)(=O)Nc2ccc([N+](=O)[O-])cc2C)cc1. The minimum Gasteiger partial charge on any atom is -0.494 e. The first kappa shape index (κ1) is 16.8. The summed E-state index contributed by atoms with van der Waals surface area (Å²) in [5.74, 6) is 0.581. The maximum Gasteiger partial charge on any atom is 0.269 e. The Morgan fingerprint density at radius 3 is 2.35 bits per heavy atom. The number of ether oxygens (including phenoxy) is 1. The average Bonchev–Trinajstić information content (AvgIpc) is 2.50. The zero-order chi connectivity index (χ0) is 17.0. The quantitative estimate of drug-likeness (QED) is 0.645. The van der Waals surface area contributed by atoms with E-state index in [0.29, 0.717) is 23.6 Å². The molecule has 0 heterocycles. The van der Waals surface area contributed by atoms with E-state index in [0.717, 1.165) is 0 Å². The Morgan fingerprint density at radius 1 is 1.17 bits per heavy atom. The lowest BCUT2D eigenvalue weighted by atomic mass is 10.2. The molecule has 0 aliphatic carbocycles. The number of sulfonamides is 1. The molecule has 0 atom stereocenters. The summed E-state index contributed by atoms with van der Waals surface area (Å²) in [6.45, 7) is 3.93. The molecular formula is C15H16N2O5S. The Bertz CT molecular complexity index is 816. The van der Waals surface area contributed by atoms with Crippen molar-refractivity contribution in [3.05, 3.63) is 58.1 Å². The number of hydrogen-bond acceptors (Lipinski definition) is 5. The molecule has 0 aliphatic rings. The normalized spacial score (nSPS) is 11.0. The van der Waals surface area contributed by atoms with Crippen molar-refractivity contribution in [2.75, 3.05) is 11.3 Å². The van der Waals surface area contributed by atoms with E-state index in [1.54, 1.807) is 19.1 Å². The van der Waals surface area contributed by atoms with Crippen LogP contribution in [0.25, 0.3) is 0 Å². The molecule has 0 aromatic heterocycles. The van der Waals surface area contributed by atoms with Crippen LogP contribution in [0, 0.1) is 17.0 Å². The molecule has 0 spiro atoms. The van der Waals surface area contributed by atoms with Gasteiger partial charge in [0.05, 0.1) is 22.1 Å². The van der Waals surface area contributed by atoms with Gasteiger partial charge in [-0.05, 0) is 49.7 Å². The van der Waals surface area contributed by atoms with Crippen molar-refractivity contribution in [3.63, 3.8) is 0 Å². The van der Waals surface area contributed by atoms with E-state index in [2.05, 4.69) is 4.72 Å². The van der Waals surface area contributed by atoms with Crippen LogP contribution in [0.3, 0.4) is 0 Å². The zero-order valence-electron chi connectivity index (χ0n) is 12.6. The van der Waals surface area contributed by atoms with Gasteiger partial charge in [-0.2, -0.15) is 0 Å². The number of non-ortho nitro benzene ring substituents is 1. The first-order valence-corrected chi connectivity index (χ1v) is 8.32. The third-order valence-corrected chi connectivity index (χ3v) is 4.49. The van der Waals surface area contributed by atoms with Crippen molar-refractivity contribution in [2.45, 2.75) is 18.7 Å². The van der Waals surface area contributed by atoms with Crippen LogP contribution in [0.2, 0.25) is 0 Å². The van der Waals surface area contributed by atoms with Crippen LogP contribution in [-0.4, -0.2) is 19.9 Å². The molecule has 1 N–H and O–H groups in total. The van der Waals surface area contributed by atoms with Gasteiger partial charge in [0.15, 0.2) is 0 Å². The molecule has 7 nitrogen and oxygen atoms in total. The first-order chi connectivity index (χ1) is 10.8. The van der Waals surface area contributed by atoms with Gasteiger partial charge in [-0.25, -0.2) is 8.42 Å². The van der Waals surface area contributed by atoms with E-state index < -0.39 is 14.9 Å². The number of benzene rings is 2. The van der Waals surface area contributed by atoms with Gasteiger partial charge in [-0.1, -0.05) is 0 Å². The van der Waals surface area contributed by atoms with Gasteiger partial charge in [0, 0.05) is 12.1 Å². The third-order valence-electron chi connectivity index (χ3n) is 3.11. The zero-order valence-corrected chi connectivity index (χ0v) is 13.5. The van der Waals surface area contributed by atoms with Gasteiger partial charge in [-0.3, -0.25) is 14.8 Å². The highest BCUT2D eigenvalue weighted by Crippen LogP contribution is 2.24. The molecule has 0 aliphatic heterocycles. The predicted molar refractivity (Wildman–Crippen MR) is 86.3 cm³/mol. The number of rotatable bonds is 6. The minimum atomic E-state index is -3.78. The summed E-state index contributed by atoms with van der Waals surface area (Å²) >= 11 is 0. The second kappa shape index (κ2) is 6.66. The van der Waals surface area contributed by atoms with Crippen LogP contribution >= 0.6 is 0 Å². The molecule has 8 heteroatoms. The smallest absolute Gasteiger partial charge is 0.269 e. The fourth-order valence-electron chi connectivity index (χ4n) is 1.96. The predicted octanol–water partition coefficient (Wildman–Crippen LogP) is 3.10. The second-order valence-corrected chi connectivity index (χ2v) is 6.45. The summed E-state index contributed by atoms with van der Waals surface area (Å²) in [5, 5.41) is 10.7. The fourth-order valence-corrected chi connectivity index (χ4v) is 3.09. The van der Waals surface area contributed by atoms with Crippen LogP contribution in [0.1, 0.15) is 12.5 Å². The van der Waals surface area contributed by atoms with Gasteiger partial charge < -0.3 is 4.74 Å². The highest BCUT2D eigenvalue weighted by Gasteiger charge is 2.16. The summed E-state index contributed by atoms with van der Waals surface area (Å²) in [6, 6.07) is 9.96. The number of anilines is 1. The number of aryl methyl sites for hydroxylation is 1. The van der Waals surface area contributed by atoms with E-state index in [4.69, 9.17) is 4.74 Å². The van der Waals surface area contributed by atoms with Crippen molar-refractivity contribution >= 4 is 21.4 Å². The molecule has 0 saturated heterocycles. The standard InChI is InChI=1S/C15H16N2O5S/c1-3-22-13-5-7-14(8-6-13)23(20,21)16-15-9-4-12(17(18)19)10-11(15)2/h4-10,16H,3H2,1-2H3. The number of hydrogen-bond donors (Lipinski definition) is 1. The van der Waals surface area contributed by atoms with Gasteiger partial charge in [0.1, 0.15) is 5.75 Å². The molecule has 0 radical (unpaired) electrons. The fraction of sp³-hybridized carbons (Fsp3) is 0.200. The maximum absolute atomic E-state index is 12.4. The monoisotopic (exact) mass is 336 g/mol. The van der Waals surface area contributed by atoms with Crippen molar-refractivity contribution in [1.29, 1.82) is 0 Å². The molecule has 2 rings (SSSR count). The lowest BCUT2D eigenvalue weighted by Crippen LogP contribution is -2.13. The number of nitro benzene ring substituents is 1. The topological polar surface area (TPSA) is 98.5 Å². The Labute approximate surface area is 134 Å². The summed E-state index contributed by atoms with van der Waals surface area (Å²) in [4.78, 5) is 10.3. The molecule has 0 saturated carbocycles. The first-order valence-electron chi connectivity index (χ1n) is 6.84. The van der Waals surface area contributed by atoms with Crippen LogP contribution in [0.15, 0.2) is 47.4 Å². The summed E-state index contributed by atoms with van der Waals surface area (Å²) in [7, 11) is -3.78. The van der Waals surface area contributed by atoms with Gasteiger partial charge in [0.25, 0.3) is 15.7 Å². The maximum atomic E-state index is 12.4. The van der Waals surface area contributed by atoms with Crippen molar-refractivity contribution in [2.24, 2.45) is 0 Å².